The molecule has 1 aromatic carbocycles. The molecule has 1 aromatic rings. The van der Waals surface area contributed by atoms with Crippen molar-refractivity contribution >= 4 is 35.1 Å². The van der Waals surface area contributed by atoms with Gasteiger partial charge in [-0.2, -0.15) is 0 Å². The van der Waals surface area contributed by atoms with Crippen LogP contribution in [-0.2, 0) is 14.3 Å². The zero-order valence-electron chi connectivity index (χ0n) is 11.9. The Morgan fingerprint density at radius 1 is 1.24 bits per heavy atom. The zero-order valence-corrected chi connectivity index (χ0v) is 13.4. The molecule has 0 radical (unpaired) electrons. The highest BCUT2D eigenvalue weighted by Crippen LogP contribution is 2.26. The molecule has 0 saturated carbocycles. The van der Waals surface area contributed by atoms with Crippen LogP contribution >= 0.6 is 23.2 Å². The van der Waals surface area contributed by atoms with E-state index in [4.69, 9.17) is 27.9 Å². The van der Waals surface area contributed by atoms with Crippen LogP contribution in [0.4, 0.5) is 0 Å². The molecule has 1 rings (SSSR count). The Hall–Kier alpha value is -1.46. The first-order valence-electron chi connectivity index (χ1n) is 6.40. The van der Waals surface area contributed by atoms with Crippen molar-refractivity contribution in [1.29, 1.82) is 0 Å². The lowest BCUT2D eigenvalue weighted by Crippen LogP contribution is -2.39. The number of hydrogen-bond donors (Lipinski definition) is 0. The largest absolute Gasteiger partial charge is 0.484 e. The van der Waals surface area contributed by atoms with Crippen molar-refractivity contribution in [3.63, 3.8) is 0 Å². The van der Waals surface area contributed by atoms with Crippen molar-refractivity contribution in [2.24, 2.45) is 0 Å². The van der Waals surface area contributed by atoms with Gasteiger partial charge in [-0.1, -0.05) is 30.1 Å². The second kappa shape index (κ2) is 8.74. The molecular formula is C14H17Cl2NO4. The van der Waals surface area contributed by atoms with Crippen LogP contribution in [0.15, 0.2) is 18.2 Å². The molecule has 5 nitrogen and oxygen atoms in total. The predicted octanol–water partition coefficient (Wildman–Crippen LogP) is 2.78. The molecule has 7 heteroatoms. The van der Waals surface area contributed by atoms with Gasteiger partial charge in [-0.05, 0) is 18.6 Å². The van der Waals surface area contributed by atoms with Crippen LogP contribution in [0.1, 0.15) is 13.3 Å². The van der Waals surface area contributed by atoms with Crippen molar-refractivity contribution < 1.29 is 19.1 Å². The molecule has 0 aliphatic heterocycles. The van der Waals surface area contributed by atoms with E-state index in [1.807, 2.05) is 6.92 Å². The van der Waals surface area contributed by atoms with Gasteiger partial charge >= 0.3 is 5.97 Å². The number of esters is 1. The number of nitrogens with zero attached hydrogens (tertiary/aromatic N) is 1. The number of halogens is 2. The van der Waals surface area contributed by atoms with Gasteiger partial charge in [0.25, 0.3) is 5.91 Å². The van der Waals surface area contributed by atoms with Gasteiger partial charge in [-0.3, -0.25) is 9.59 Å². The SMILES string of the molecule is CCCN(CC(=O)OC)C(=O)COc1ccc(Cl)c(Cl)c1. The predicted molar refractivity (Wildman–Crippen MR) is 80.8 cm³/mol. The van der Waals surface area contributed by atoms with Crippen LogP contribution in [-0.4, -0.2) is 43.6 Å². The summed E-state index contributed by atoms with van der Waals surface area (Å²) < 4.78 is 9.92. The van der Waals surface area contributed by atoms with Crippen LogP contribution in [0.5, 0.6) is 5.75 Å². The summed E-state index contributed by atoms with van der Waals surface area (Å²) in [4.78, 5) is 24.7. The second-order valence-electron chi connectivity index (χ2n) is 4.26. The topological polar surface area (TPSA) is 55.8 Å². The molecule has 0 unspecified atom stereocenters. The molecule has 0 atom stereocenters. The summed E-state index contributed by atoms with van der Waals surface area (Å²) in [5.74, 6) is -0.327. The monoisotopic (exact) mass is 333 g/mol. The molecule has 0 aliphatic rings. The first-order chi connectivity index (χ1) is 9.97. The highest BCUT2D eigenvalue weighted by molar-refractivity contribution is 6.42. The lowest BCUT2D eigenvalue weighted by Gasteiger charge is -2.20. The summed E-state index contributed by atoms with van der Waals surface area (Å²) in [5, 5.41) is 0.759. The summed E-state index contributed by atoms with van der Waals surface area (Å²) in [7, 11) is 1.28. The standard InChI is InChI=1S/C14H17Cl2NO4/c1-3-6-17(8-14(19)20-2)13(18)9-21-10-4-5-11(15)12(16)7-10/h4-5,7H,3,6,8-9H2,1-2H3. The fourth-order valence-electron chi connectivity index (χ4n) is 1.59. The van der Waals surface area contributed by atoms with Crippen molar-refractivity contribution in [3.05, 3.63) is 28.2 Å². The molecule has 116 valence electrons. The molecule has 0 bridgehead atoms. The number of methoxy groups -OCH3 is 1. The molecule has 0 saturated heterocycles. The maximum Gasteiger partial charge on any atom is 0.325 e. The number of rotatable bonds is 7. The Bertz CT molecular complexity index is 508. The maximum atomic E-state index is 12.0. The molecule has 21 heavy (non-hydrogen) atoms. The summed E-state index contributed by atoms with van der Waals surface area (Å²) in [6.45, 7) is 2.10. The van der Waals surface area contributed by atoms with E-state index < -0.39 is 5.97 Å². The van der Waals surface area contributed by atoms with Crippen molar-refractivity contribution in [2.45, 2.75) is 13.3 Å². The smallest absolute Gasteiger partial charge is 0.325 e. The number of amides is 1. The van der Waals surface area contributed by atoms with Crippen molar-refractivity contribution in [1.82, 2.24) is 4.90 Å². The normalized spacial score (nSPS) is 10.1. The minimum absolute atomic E-state index is 0.0894. The zero-order chi connectivity index (χ0) is 15.8. The Morgan fingerprint density at radius 2 is 1.95 bits per heavy atom. The Kier molecular flexibility index (Phi) is 7.32. The van der Waals surface area contributed by atoms with Gasteiger partial charge in [0.15, 0.2) is 6.61 Å². The van der Waals surface area contributed by atoms with Crippen LogP contribution in [0.3, 0.4) is 0 Å². The highest BCUT2D eigenvalue weighted by Gasteiger charge is 2.17. The number of ether oxygens (including phenoxy) is 2. The minimum Gasteiger partial charge on any atom is -0.484 e. The van der Waals surface area contributed by atoms with Crippen molar-refractivity contribution in [2.75, 3.05) is 26.8 Å². The molecule has 0 N–H and O–H groups in total. The molecule has 1 amide bonds. The second-order valence-corrected chi connectivity index (χ2v) is 5.07. The van der Waals surface area contributed by atoms with E-state index in [-0.39, 0.29) is 19.1 Å². The van der Waals surface area contributed by atoms with E-state index in [2.05, 4.69) is 4.74 Å². The maximum absolute atomic E-state index is 12.0. The number of hydrogen-bond acceptors (Lipinski definition) is 4. The molecule has 0 aliphatic carbocycles. The van der Waals surface area contributed by atoms with Gasteiger partial charge in [0.2, 0.25) is 0 Å². The number of benzene rings is 1. The van der Waals surface area contributed by atoms with E-state index in [0.29, 0.717) is 22.3 Å². The average molecular weight is 334 g/mol. The summed E-state index contributed by atoms with van der Waals surface area (Å²) >= 11 is 11.7. The molecular weight excluding hydrogens is 317 g/mol. The quantitative estimate of drug-likeness (QED) is 0.720. The third kappa shape index (κ3) is 5.81. The van der Waals surface area contributed by atoms with Gasteiger partial charge < -0.3 is 14.4 Å². The van der Waals surface area contributed by atoms with Crippen LogP contribution in [0.25, 0.3) is 0 Å². The van der Waals surface area contributed by atoms with Gasteiger partial charge in [0.1, 0.15) is 12.3 Å². The van der Waals surface area contributed by atoms with E-state index >= 15 is 0 Å². The van der Waals surface area contributed by atoms with E-state index in [1.165, 1.54) is 18.1 Å². The third-order valence-corrected chi connectivity index (χ3v) is 3.39. The van der Waals surface area contributed by atoms with E-state index in [1.54, 1.807) is 12.1 Å². The Labute approximate surface area is 133 Å². The molecule has 0 aromatic heterocycles. The average Bonchev–Trinajstić information content (AvgIpc) is 2.47. The summed E-state index contributed by atoms with van der Waals surface area (Å²) in [5.41, 5.74) is 0. The fraction of sp³-hybridized carbons (Fsp3) is 0.429. The Morgan fingerprint density at radius 3 is 2.52 bits per heavy atom. The first kappa shape index (κ1) is 17.6. The molecule has 0 fully saturated rings. The summed E-state index contributed by atoms with van der Waals surface area (Å²) in [6, 6.07) is 4.73. The highest BCUT2D eigenvalue weighted by atomic mass is 35.5. The molecule has 0 spiro atoms. The van der Waals surface area contributed by atoms with Crippen LogP contribution < -0.4 is 4.74 Å². The summed E-state index contributed by atoms with van der Waals surface area (Å²) in [6.07, 6.45) is 0.732. The van der Waals surface area contributed by atoms with Gasteiger partial charge in [-0.15, -0.1) is 0 Å². The van der Waals surface area contributed by atoms with Gasteiger partial charge in [-0.25, -0.2) is 0 Å². The number of carbonyl (C=O) groups excluding carboxylic acids is 2. The lowest BCUT2D eigenvalue weighted by atomic mass is 10.3. The fourth-order valence-corrected chi connectivity index (χ4v) is 1.87. The van der Waals surface area contributed by atoms with Gasteiger partial charge in [0, 0.05) is 12.6 Å². The van der Waals surface area contributed by atoms with Gasteiger partial charge in [0.05, 0.1) is 17.2 Å². The van der Waals surface area contributed by atoms with Crippen molar-refractivity contribution in [3.8, 4) is 5.75 Å². The number of carbonyl (C=O) groups is 2. The van der Waals surface area contributed by atoms with Crippen LogP contribution in [0.2, 0.25) is 10.0 Å². The Balaban J connectivity index is 2.60. The van der Waals surface area contributed by atoms with E-state index in [0.717, 1.165) is 6.42 Å². The first-order valence-corrected chi connectivity index (χ1v) is 7.16. The third-order valence-electron chi connectivity index (χ3n) is 2.65. The lowest BCUT2D eigenvalue weighted by molar-refractivity contribution is -0.147. The minimum atomic E-state index is -0.466. The van der Waals surface area contributed by atoms with E-state index in [9.17, 15) is 9.59 Å². The molecule has 0 heterocycles. The van der Waals surface area contributed by atoms with Crippen LogP contribution in [0, 0.1) is 0 Å².